The van der Waals surface area contributed by atoms with Crippen LogP contribution in [0.4, 0.5) is 5.82 Å². The molecule has 1 aromatic rings. The van der Waals surface area contributed by atoms with Gasteiger partial charge in [0.2, 0.25) is 0 Å². The molecule has 0 aromatic carbocycles. The van der Waals surface area contributed by atoms with E-state index in [0.29, 0.717) is 17.2 Å². The number of nitrogens with one attached hydrogen (secondary N) is 2. The maximum Gasteiger partial charge on any atom is 0.251 e. The van der Waals surface area contributed by atoms with Crippen LogP contribution < -0.4 is 11.1 Å². The quantitative estimate of drug-likeness (QED) is 0.543. The first-order chi connectivity index (χ1) is 7.54. The Morgan fingerprint density at radius 3 is 2.88 bits per heavy atom. The molecule has 0 unspecified atom stereocenters. The number of anilines is 1. The van der Waals surface area contributed by atoms with Crippen LogP contribution in [0.15, 0.2) is 5.03 Å². The fourth-order valence-electron chi connectivity index (χ4n) is 1.70. The highest BCUT2D eigenvalue weighted by Crippen LogP contribution is 2.32. The van der Waals surface area contributed by atoms with Gasteiger partial charge in [0.1, 0.15) is 5.82 Å². The second-order valence-electron chi connectivity index (χ2n) is 3.54. The van der Waals surface area contributed by atoms with Crippen LogP contribution in [0, 0.1) is 0 Å². The lowest BCUT2D eigenvalue weighted by molar-refractivity contribution is 0.0996. The Kier molecular flexibility index (Phi) is 2.81. The van der Waals surface area contributed by atoms with Crippen molar-refractivity contribution in [2.24, 2.45) is 5.73 Å². The summed E-state index contributed by atoms with van der Waals surface area (Å²) < 4.78 is 0. The van der Waals surface area contributed by atoms with Crippen molar-refractivity contribution in [3.05, 3.63) is 11.1 Å². The van der Waals surface area contributed by atoms with Crippen molar-refractivity contribution in [1.82, 2.24) is 9.88 Å². The minimum Gasteiger partial charge on any atom is -0.366 e. The van der Waals surface area contributed by atoms with Gasteiger partial charge < -0.3 is 20.9 Å². The van der Waals surface area contributed by atoms with Crippen molar-refractivity contribution in [3.8, 4) is 0 Å². The summed E-state index contributed by atoms with van der Waals surface area (Å²) in [6.07, 6.45) is 1.89. The summed E-state index contributed by atoms with van der Waals surface area (Å²) in [5, 5.41) is 4.46. The molecule has 1 amide bonds. The molecular formula is C9H12N4OS2. The SMILES string of the molecule is CSc1[nH]c2c(c1C(N)=O)CN(C)C(=S)N2. The first-order valence-electron chi connectivity index (χ1n) is 4.65. The molecule has 7 heteroatoms. The molecule has 2 rings (SSSR count). The number of thioether (sulfide) groups is 1. The first-order valence-corrected chi connectivity index (χ1v) is 6.28. The average molecular weight is 256 g/mol. The Labute approximate surface area is 103 Å². The summed E-state index contributed by atoms with van der Waals surface area (Å²) in [4.78, 5) is 16.4. The zero-order valence-corrected chi connectivity index (χ0v) is 10.6. The second kappa shape index (κ2) is 3.99. The molecule has 0 saturated carbocycles. The maximum absolute atomic E-state index is 11.4. The summed E-state index contributed by atoms with van der Waals surface area (Å²) in [5.41, 5.74) is 6.83. The Bertz CT molecular complexity index is 468. The zero-order chi connectivity index (χ0) is 11.9. The minimum atomic E-state index is -0.412. The van der Waals surface area contributed by atoms with Crippen molar-refractivity contribution < 1.29 is 4.79 Å². The number of nitrogens with two attached hydrogens (primary N) is 1. The molecule has 2 heterocycles. The van der Waals surface area contributed by atoms with E-state index in [9.17, 15) is 4.79 Å². The summed E-state index contributed by atoms with van der Waals surface area (Å²) in [5.74, 6) is 0.367. The van der Waals surface area contributed by atoms with E-state index in [1.54, 1.807) is 0 Å². The third-order valence-electron chi connectivity index (χ3n) is 2.49. The van der Waals surface area contributed by atoms with Crippen LogP contribution in [0.2, 0.25) is 0 Å². The van der Waals surface area contributed by atoms with Gasteiger partial charge >= 0.3 is 0 Å². The molecule has 1 aromatic heterocycles. The van der Waals surface area contributed by atoms with E-state index in [0.717, 1.165) is 16.4 Å². The number of H-pyrrole nitrogens is 1. The molecule has 86 valence electrons. The van der Waals surface area contributed by atoms with Gasteiger partial charge in [-0.3, -0.25) is 4.79 Å². The predicted molar refractivity (Wildman–Crippen MR) is 68.8 cm³/mol. The molecule has 16 heavy (non-hydrogen) atoms. The van der Waals surface area contributed by atoms with Gasteiger partial charge in [0.15, 0.2) is 5.11 Å². The largest absolute Gasteiger partial charge is 0.366 e. The topological polar surface area (TPSA) is 74.2 Å². The number of fused-ring (bicyclic) bond motifs is 1. The molecule has 0 aliphatic carbocycles. The van der Waals surface area contributed by atoms with Crippen LogP contribution >= 0.6 is 24.0 Å². The number of primary amides is 1. The van der Waals surface area contributed by atoms with Crippen molar-refractivity contribution >= 4 is 40.8 Å². The summed E-state index contributed by atoms with van der Waals surface area (Å²) in [6.45, 7) is 0.594. The molecule has 0 saturated heterocycles. The predicted octanol–water partition coefficient (Wildman–Crippen LogP) is 0.978. The fourth-order valence-corrected chi connectivity index (χ4v) is 2.50. The van der Waals surface area contributed by atoms with E-state index >= 15 is 0 Å². The molecule has 0 spiro atoms. The number of carbonyl (C=O) groups excluding carboxylic acids is 1. The lowest BCUT2D eigenvalue weighted by atomic mass is 10.1. The van der Waals surface area contributed by atoms with Crippen LogP contribution in [0.5, 0.6) is 0 Å². The van der Waals surface area contributed by atoms with Gasteiger partial charge in [0.25, 0.3) is 5.91 Å². The third-order valence-corrected chi connectivity index (χ3v) is 3.62. The van der Waals surface area contributed by atoms with Gasteiger partial charge in [-0.05, 0) is 18.5 Å². The van der Waals surface area contributed by atoms with Crippen molar-refractivity contribution in [2.45, 2.75) is 11.6 Å². The highest BCUT2D eigenvalue weighted by Gasteiger charge is 2.26. The lowest BCUT2D eigenvalue weighted by Gasteiger charge is -2.26. The Hall–Kier alpha value is -1.21. The number of nitrogens with zero attached hydrogens (tertiary/aromatic N) is 1. The second-order valence-corrected chi connectivity index (χ2v) is 4.74. The van der Waals surface area contributed by atoms with Crippen LogP contribution in [-0.2, 0) is 6.54 Å². The van der Waals surface area contributed by atoms with E-state index in [2.05, 4.69) is 10.3 Å². The van der Waals surface area contributed by atoms with Gasteiger partial charge in [-0.2, -0.15) is 0 Å². The smallest absolute Gasteiger partial charge is 0.251 e. The van der Waals surface area contributed by atoms with E-state index in [1.165, 1.54) is 11.8 Å². The van der Waals surface area contributed by atoms with Crippen LogP contribution in [0.1, 0.15) is 15.9 Å². The van der Waals surface area contributed by atoms with E-state index < -0.39 is 5.91 Å². The first kappa shape index (κ1) is 11.3. The number of aromatic amines is 1. The van der Waals surface area contributed by atoms with Crippen molar-refractivity contribution in [2.75, 3.05) is 18.6 Å². The summed E-state index contributed by atoms with van der Waals surface area (Å²) >= 11 is 6.59. The molecule has 0 bridgehead atoms. The fraction of sp³-hybridized carbons (Fsp3) is 0.333. The van der Waals surface area contributed by atoms with E-state index in [4.69, 9.17) is 18.0 Å². The van der Waals surface area contributed by atoms with Crippen LogP contribution in [-0.4, -0.2) is 34.2 Å². The number of rotatable bonds is 2. The van der Waals surface area contributed by atoms with Crippen LogP contribution in [0.25, 0.3) is 0 Å². The Morgan fingerprint density at radius 1 is 1.62 bits per heavy atom. The molecule has 1 aliphatic heterocycles. The van der Waals surface area contributed by atoms with Crippen molar-refractivity contribution in [1.29, 1.82) is 0 Å². The summed E-state index contributed by atoms with van der Waals surface area (Å²) in [6, 6.07) is 0. The zero-order valence-electron chi connectivity index (χ0n) is 8.96. The Morgan fingerprint density at radius 2 is 2.31 bits per heavy atom. The monoisotopic (exact) mass is 256 g/mol. The van der Waals surface area contributed by atoms with Crippen molar-refractivity contribution in [3.63, 3.8) is 0 Å². The number of amides is 1. The number of carbonyl (C=O) groups is 1. The number of hydrogen-bond donors (Lipinski definition) is 3. The van der Waals surface area contributed by atoms with Gasteiger partial charge in [-0.15, -0.1) is 11.8 Å². The number of hydrogen-bond acceptors (Lipinski definition) is 3. The average Bonchev–Trinajstić information content (AvgIpc) is 2.56. The summed E-state index contributed by atoms with van der Waals surface area (Å²) in [7, 11) is 1.87. The molecule has 0 atom stereocenters. The lowest BCUT2D eigenvalue weighted by Crippen LogP contribution is -2.35. The Balaban J connectivity index is 2.54. The van der Waals surface area contributed by atoms with E-state index in [-0.39, 0.29) is 0 Å². The minimum absolute atomic E-state index is 0.412. The molecule has 0 radical (unpaired) electrons. The maximum atomic E-state index is 11.4. The standard InChI is InChI=1S/C9H12N4OS2/c1-13-3-4-5(6(10)14)8(16-2)11-7(4)12-9(13)15/h11H,3H2,1-2H3,(H2,10,14)(H,12,15). The number of thiocarbonyl (C=S) groups is 1. The molecular weight excluding hydrogens is 244 g/mol. The van der Waals surface area contributed by atoms with Gasteiger partial charge in [0, 0.05) is 19.2 Å². The molecule has 4 N–H and O–H groups in total. The van der Waals surface area contributed by atoms with Crippen LogP contribution in [0.3, 0.4) is 0 Å². The molecule has 0 fully saturated rings. The highest BCUT2D eigenvalue weighted by atomic mass is 32.2. The van der Waals surface area contributed by atoms with Gasteiger partial charge in [-0.25, -0.2) is 0 Å². The van der Waals surface area contributed by atoms with Gasteiger partial charge in [0.05, 0.1) is 10.6 Å². The normalized spacial score (nSPS) is 14.6. The highest BCUT2D eigenvalue weighted by molar-refractivity contribution is 7.98. The molecule has 5 nitrogen and oxygen atoms in total. The molecule has 1 aliphatic rings. The number of aromatic nitrogens is 1. The van der Waals surface area contributed by atoms with Gasteiger partial charge in [-0.1, -0.05) is 0 Å². The third kappa shape index (κ3) is 1.65. The van der Waals surface area contributed by atoms with E-state index in [1.807, 2.05) is 18.2 Å².